The average Bonchev–Trinajstić information content (AvgIpc) is 3.48. The number of rotatable bonds is 7. The van der Waals surface area contributed by atoms with Crippen molar-refractivity contribution in [1.82, 2.24) is 5.32 Å². The van der Waals surface area contributed by atoms with Gasteiger partial charge in [0.25, 0.3) is 15.9 Å². The number of thiophene rings is 2. The van der Waals surface area contributed by atoms with Gasteiger partial charge in [-0.2, -0.15) is 0 Å². The van der Waals surface area contributed by atoms with Gasteiger partial charge < -0.3 is 5.32 Å². The van der Waals surface area contributed by atoms with Gasteiger partial charge in [0, 0.05) is 22.9 Å². The van der Waals surface area contributed by atoms with Gasteiger partial charge in [-0.05, 0) is 41.3 Å². The second kappa shape index (κ2) is 9.23. The zero-order valence-electron chi connectivity index (χ0n) is 17.0. The summed E-state index contributed by atoms with van der Waals surface area (Å²) in [7, 11) is -2.73. The number of carbonyl (C=O) groups excluding carboxylic acids is 1. The number of hydrogen-bond donors (Lipinski definition) is 1. The Morgan fingerprint density at radius 2 is 1.72 bits per heavy atom. The van der Waals surface area contributed by atoms with Crippen molar-refractivity contribution in [3.05, 3.63) is 93.1 Å². The molecule has 0 saturated heterocycles. The first kappa shape index (κ1) is 22.2. The van der Waals surface area contributed by atoms with Gasteiger partial charge in [-0.25, -0.2) is 12.8 Å². The van der Waals surface area contributed by atoms with Gasteiger partial charge in [0.05, 0.1) is 12.2 Å². The van der Waals surface area contributed by atoms with Crippen LogP contribution in [0.25, 0.3) is 11.1 Å². The average molecular weight is 487 g/mol. The normalized spacial score (nSPS) is 11.3. The molecular weight excluding hydrogens is 467 g/mol. The molecule has 164 valence electrons. The zero-order valence-corrected chi connectivity index (χ0v) is 19.4. The van der Waals surface area contributed by atoms with Crippen LogP contribution in [0.15, 0.2) is 82.4 Å². The Hall–Kier alpha value is -3.01. The number of anilines is 1. The van der Waals surface area contributed by atoms with Crippen LogP contribution in [-0.4, -0.2) is 21.4 Å². The van der Waals surface area contributed by atoms with Crippen LogP contribution in [0.2, 0.25) is 0 Å². The van der Waals surface area contributed by atoms with Crippen molar-refractivity contribution in [1.29, 1.82) is 0 Å². The summed E-state index contributed by atoms with van der Waals surface area (Å²) in [6, 6.07) is 18.0. The van der Waals surface area contributed by atoms with Crippen molar-refractivity contribution < 1.29 is 17.6 Å². The lowest BCUT2D eigenvalue weighted by molar-refractivity contribution is 0.0952. The lowest BCUT2D eigenvalue weighted by atomic mass is 10.1. The molecule has 0 atom stereocenters. The van der Waals surface area contributed by atoms with Gasteiger partial charge >= 0.3 is 0 Å². The van der Waals surface area contributed by atoms with Crippen LogP contribution in [0.1, 0.15) is 14.5 Å². The van der Waals surface area contributed by atoms with Crippen molar-refractivity contribution in [3.63, 3.8) is 0 Å². The molecular formula is C23H19FN2O3S3. The third-order valence-corrected chi connectivity index (χ3v) is 8.70. The molecule has 0 unspecified atom stereocenters. The molecule has 4 rings (SSSR count). The molecule has 2 aromatic heterocycles. The van der Waals surface area contributed by atoms with Crippen LogP contribution < -0.4 is 9.62 Å². The molecule has 0 fully saturated rings. The van der Waals surface area contributed by atoms with Crippen molar-refractivity contribution in [2.75, 3.05) is 11.4 Å². The molecule has 1 N–H and O–H groups in total. The topological polar surface area (TPSA) is 66.5 Å². The van der Waals surface area contributed by atoms with Gasteiger partial charge in [0.2, 0.25) is 0 Å². The molecule has 0 aliphatic heterocycles. The Morgan fingerprint density at radius 3 is 2.38 bits per heavy atom. The summed E-state index contributed by atoms with van der Waals surface area (Å²) in [5.41, 5.74) is 1.43. The summed E-state index contributed by atoms with van der Waals surface area (Å²) in [5.74, 6) is -0.926. The van der Waals surface area contributed by atoms with E-state index in [1.165, 1.54) is 42.6 Å². The highest BCUT2D eigenvalue weighted by Gasteiger charge is 2.32. The molecule has 0 bridgehead atoms. The molecule has 0 saturated carbocycles. The van der Waals surface area contributed by atoms with Gasteiger partial charge in [-0.15, -0.1) is 22.7 Å². The molecule has 32 heavy (non-hydrogen) atoms. The molecule has 2 aromatic carbocycles. The largest absolute Gasteiger partial charge is 0.346 e. The first-order valence-corrected chi connectivity index (χ1v) is 12.8. The molecule has 1 amide bonds. The Balaban J connectivity index is 1.77. The minimum Gasteiger partial charge on any atom is -0.346 e. The lowest BCUT2D eigenvalue weighted by Crippen LogP contribution is -2.30. The van der Waals surface area contributed by atoms with Gasteiger partial charge in [-0.1, -0.05) is 36.4 Å². The fraction of sp³-hybridized carbons (Fsp3) is 0.0870. The number of nitrogens with one attached hydrogen (secondary N) is 1. The van der Waals surface area contributed by atoms with E-state index in [1.54, 1.807) is 17.5 Å². The number of sulfonamides is 1. The second-order valence-electron chi connectivity index (χ2n) is 6.88. The monoisotopic (exact) mass is 486 g/mol. The predicted molar refractivity (Wildman–Crippen MR) is 127 cm³/mol. The molecule has 0 spiro atoms. The first-order valence-electron chi connectivity index (χ1n) is 9.60. The van der Waals surface area contributed by atoms with Gasteiger partial charge in [0.15, 0.2) is 0 Å². The van der Waals surface area contributed by atoms with Crippen molar-refractivity contribution in [2.45, 2.75) is 11.4 Å². The van der Waals surface area contributed by atoms with Crippen molar-refractivity contribution in [2.24, 2.45) is 0 Å². The smallest absolute Gasteiger partial charge is 0.266 e. The van der Waals surface area contributed by atoms with E-state index in [9.17, 15) is 17.6 Å². The highest BCUT2D eigenvalue weighted by atomic mass is 32.2. The maximum absolute atomic E-state index is 13.7. The van der Waals surface area contributed by atoms with Crippen LogP contribution in [0.5, 0.6) is 0 Å². The minimum atomic E-state index is -4.13. The molecule has 0 radical (unpaired) electrons. The number of carbonyl (C=O) groups is 1. The molecule has 2 heterocycles. The van der Waals surface area contributed by atoms with E-state index < -0.39 is 21.7 Å². The van der Waals surface area contributed by atoms with E-state index in [-0.39, 0.29) is 9.77 Å². The lowest BCUT2D eigenvalue weighted by Gasteiger charge is -2.21. The summed E-state index contributed by atoms with van der Waals surface area (Å²) >= 11 is 2.59. The van der Waals surface area contributed by atoms with Crippen LogP contribution in [-0.2, 0) is 16.6 Å². The number of halogens is 1. The third-order valence-electron chi connectivity index (χ3n) is 4.85. The molecule has 0 aliphatic rings. The van der Waals surface area contributed by atoms with E-state index in [1.807, 2.05) is 35.7 Å². The summed E-state index contributed by atoms with van der Waals surface area (Å²) in [6.45, 7) is 0.308. The van der Waals surface area contributed by atoms with Crippen molar-refractivity contribution >= 4 is 44.3 Å². The standard InChI is InChI=1S/C23H19FN2O3S3/c1-26(18-11-9-17(24)10-12-18)32(28,29)22-20(16-6-3-2-4-7-16)15-31-21(22)23(27)25-14-19-8-5-13-30-19/h2-13,15H,14H2,1H3,(H,25,27). The first-order chi connectivity index (χ1) is 15.4. The zero-order chi connectivity index (χ0) is 22.7. The van der Waals surface area contributed by atoms with E-state index in [4.69, 9.17) is 0 Å². The van der Waals surface area contributed by atoms with Crippen LogP contribution >= 0.6 is 22.7 Å². The fourth-order valence-corrected chi connectivity index (χ4v) is 6.68. The highest BCUT2D eigenvalue weighted by Crippen LogP contribution is 2.38. The van der Waals surface area contributed by atoms with Crippen LogP contribution in [0, 0.1) is 5.82 Å². The SMILES string of the molecule is CN(c1ccc(F)cc1)S(=O)(=O)c1c(-c2ccccc2)csc1C(=O)NCc1cccs1. The van der Waals surface area contributed by atoms with Crippen molar-refractivity contribution in [3.8, 4) is 11.1 Å². The summed E-state index contributed by atoms with van der Waals surface area (Å²) in [6.07, 6.45) is 0. The quantitative estimate of drug-likeness (QED) is 0.382. The summed E-state index contributed by atoms with van der Waals surface area (Å²) < 4.78 is 41.8. The minimum absolute atomic E-state index is 0.0656. The summed E-state index contributed by atoms with van der Waals surface area (Å²) in [5, 5.41) is 6.41. The third kappa shape index (κ3) is 4.45. The molecule has 4 aromatic rings. The Morgan fingerprint density at radius 1 is 1.00 bits per heavy atom. The Labute approximate surface area is 193 Å². The Bertz CT molecular complexity index is 1320. The van der Waals surface area contributed by atoms with Crippen LogP contribution in [0.3, 0.4) is 0 Å². The van der Waals surface area contributed by atoms with Gasteiger partial charge in [0.1, 0.15) is 15.6 Å². The number of hydrogen-bond acceptors (Lipinski definition) is 5. The van der Waals surface area contributed by atoms with E-state index in [0.29, 0.717) is 23.4 Å². The Kier molecular flexibility index (Phi) is 6.40. The molecule has 5 nitrogen and oxygen atoms in total. The second-order valence-corrected chi connectivity index (χ2v) is 10.7. The van der Waals surface area contributed by atoms with E-state index in [0.717, 1.165) is 20.5 Å². The molecule has 0 aliphatic carbocycles. The van der Waals surface area contributed by atoms with E-state index in [2.05, 4.69) is 5.32 Å². The number of nitrogens with zero attached hydrogens (tertiary/aromatic N) is 1. The maximum Gasteiger partial charge on any atom is 0.266 e. The van der Waals surface area contributed by atoms with E-state index >= 15 is 0 Å². The molecule has 9 heteroatoms. The van der Waals surface area contributed by atoms with Crippen LogP contribution in [0.4, 0.5) is 10.1 Å². The highest BCUT2D eigenvalue weighted by molar-refractivity contribution is 7.93. The van der Waals surface area contributed by atoms with Gasteiger partial charge in [-0.3, -0.25) is 9.10 Å². The predicted octanol–water partition coefficient (Wildman–Crippen LogP) is 5.37. The summed E-state index contributed by atoms with van der Waals surface area (Å²) in [4.78, 5) is 14.0. The fourth-order valence-electron chi connectivity index (χ4n) is 3.16. The number of benzene rings is 2. The number of amides is 1. The maximum atomic E-state index is 13.7.